The van der Waals surface area contributed by atoms with Gasteiger partial charge in [-0.15, -0.1) is 11.3 Å². The maximum atomic E-state index is 12.7. The molecular weight excluding hydrogens is 458 g/mol. The summed E-state index contributed by atoms with van der Waals surface area (Å²) in [5, 5.41) is 9.23. The molecular formula is C25H26ClN3O3S. The van der Waals surface area contributed by atoms with Crippen molar-refractivity contribution in [1.29, 1.82) is 0 Å². The second-order valence-corrected chi connectivity index (χ2v) is 9.60. The molecule has 0 spiro atoms. The molecule has 33 heavy (non-hydrogen) atoms. The van der Waals surface area contributed by atoms with Crippen LogP contribution in [0.5, 0.6) is 5.75 Å². The largest absolute Gasteiger partial charge is 0.487 e. The number of nitrogens with zero attached hydrogens (tertiary/aromatic N) is 1. The molecule has 0 atom stereocenters. The van der Waals surface area contributed by atoms with Crippen LogP contribution >= 0.6 is 22.9 Å². The maximum absolute atomic E-state index is 12.7. The van der Waals surface area contributed by atoms with E-state index in [1.54, 1.807) is 53.8 Å². The smallest absolute Gasteiger partial charge is 0.255 e. The molecule has 0 radical (unpaired) electrons. The fourth-order valence-corrected chi connectivity index (χ4v) is 4.63. The summed E-state index contributed by atoms with van der Waals surface area (Å²) in [7, 11) is 0. The van der Waals surface area contributed by atoms with Crippen LogP contribution in [0.1, 0.15) is 63.5 Å². The first-order valence-electron chi connectivity index (χ1n) is 11.0. The highest BCUT2D eigenvalue weighted by Crippen LogP contribution is 2.24. The van der Waals surface area contributed by atoms with Gasteiger partial charge in [-0.1, -0.05) is 30.9 Å². The first-order valence-corrected chi connectivity index (χ1v) is 12.3. The monoisotopic (exact) mass is 483 g/mol. The van der Waals surface area contributed by atoms with E-state index < -0.39 is 0 Å². The van der Waals surface area contributed by atoms with Crippen molar-refractivity contribution in [2.45, 2.75) is 51.7 Å². The second-order valence-electron chi connectivity index (χ2n) is 8.13. The van der Waals surface area contributed by atoms with Gasteiger partial charge in [0.25, 0.3) is 11.8 Å². The third kappa shape index (κ3) is 6.33. The molecule has 1 saturated carbocycles. The van der Waals surface area contributed by atoms with Gasteiger partial charge in [0.2, 0.25) is 0 Å². The number of hydrogen-bond acceptors (Lipinski definition) is 5. The number of aryl methyl sites for hydroxylation is 1. The molecule has 1 fully saturated rings. The number of hydrogen-bond donors (Lipinski definition) is 2. The molecule has 6 nitrogen and oxygen atoms in total. The molecule has 2 aromatic carbocycles. The Labute approximate surface area is 202 Å². The zero-order valence-electron chi connectivity index (χ0n) is 18.4. The van der Waals surface area contributed by atoms with Gasteiger partial charge in [0, 0.05) is 22.7 Å². The van der Waals surface area contributed by atoms with Crippen LogP contribution in [0.4, 0.5) is 5.69 Å². The molecule has 0 saturated heterocycles. The Balaban J connectivity index is 1.36. The van der Waals surface area contributed by atoms with E-state index in [2.05, 4.69) is 15.6 Å². The van der Waals surface area contributed by atoms with Gasteiger partial charge in [-0.25, -0.2) is 4.98 Å². The molecule has 2 N–H and O–H groups in total. The van der Waals surface area contributed by atoms with Crippen molar-refractivity contribution < 1.29 is 14.3 Å². The van der Waals surface area contributed by atoms with E-state index in [0.717, 1.165) is 36.4 Å². The Hall–Kier alpha value is -2.90. The van der Waals surface area contributed by atoms with Gasteiger partial charge >= 0.3 is 0 Å². The molecule has 0 aliphatic heterocycles. The Bertz CT molecular complexity index is 1120. The summed E-state index contributed by atoms with van der Waals surface area (Å²) in [5.41, 5.74) is 2.24. The lowest BCUT2D eigenvalue weighted by Gasteiger charge is -2.23. The maximum Gasteiger partial charge on any atom is 0.255 e. The lowest BCUT2D eigenvalue weighted by Crippen LogP contribution is -2.36. The van der Waals surface area contributed by atoms with Gasteiger partial charge in [0.1, 0.15) is 12.4 Å². The number of nitrogens with one attached hydrogen (secondary N) is 2. The average molecular weight is 484 g/mol. The van der Waals surface area contributed by atoms with Crippen molar-refractivity contribution in [2.24, 2.45) is 0 Å². The van der Waals surface area contributed by atoms with Gasteiger partial charge < -0.3 is 15.4 Å². The summed E-state index contributed by atoms with van der Waals surface area (Å²) in [6.45, 7) is 2.33. The Morgan fingerprint density at radius 1 is 1.09 bits per heavy atom. The number of benzene rings is 2. The van der Waals surface area contributed by atoms with Crippen LogP contribution in [-0.2, 0) is 6.61 Å². The number of carbonyl (C=O) groups is 2. The van der Waals surface area contributed by atoms with E-state index in [-0.39, 0.29) is 17.9 Å². The molecule has 172 valence electrons. The summed E-state index contributed by atoms with van der Waals surface area (Å²) in [6, 6.07) is 12.0. The van der Waals surface area contributed by atoms with E-state index >= 15 is 0 Å². The lowest BCUT2D eigenvalue weighted by atomic mass is 9.95. The van der Waals surface area contributed by atoms with Crippen LogP contribution in [0.25, 0.3) is 0 Å². The molecule has 3 aromatic rings. The number of halogens is 1. The number of aromatic nitrogens is 1. The predicted molar refractivity (Wildman–Crippen MR) is 131 cm³/mol. The topological polar surface area (TPSA) is 80.3 Å². The van der Waals surface area contributed by atoms with Gasteiger partial charge in [-0.3, -0.25) is 9.59 Å². The van der Waals surface area contributed by atoms with Crippen LogP contribution in [0.15, 0.2) is 47.8 Å². The van der Waals surface area contributed by atoms with Crippen molar-refractivity contribution in [1.82, 2.24) is 10.3 Å². The Morgan fingerprint density at radius 2 is 1.85 bits per heavy atom. The van der Waals surface area contributed by atoms with Gasteiger partial charge in [-0.2, -0.15) is 0 Å². The number of carbonyl (C=O) groups excluding carboxylic acids is 2. The molecule has 1 heterocycles. The van der Waals surface area contributed by atoms with E-state index in [0.29, 0.717) is 34.2 Å². The number of anilines is 1. The molecule has 1 aromatic heterocycles. The molecule has 0 unspecified atom stereocenters. The standard InChI is InChI=1S/C25H26ClN3O3S/c1-16-27-20(15-33-16)14-32-21-10-7-17(8-11-21)24(30)29-19-9-12-23(26)22(13-19)25(31)28-18-5-3-2-4-6-18/h7-13,15,18H,2-6,14H2,1H3,(H,28,31)(H,29,30). The van der Waals surface area contributed by atoms with Crippen molar-refractivity contribution in [3.63, 3.8) is 0 Å². The van der Waals surface area contributed by atoms with Crippen LogP contribution in [0.3, 0.4) is 0 Å². The average Bonchev–Trinajstić information content (AvgIpc) is 3.25. The summed E-state index contributed by atoms with van der Waals surface area (Å²) < 4.78 is 5.73. The molecule has 2 amide bonds. The van der Waals surface area contributed by atoms with Crippen molar-refractivity contribution >= 4 is 40.4 Å². The van der Waals surface area contributed by atoms with Crippen molar-refractivity contribution in [3.8, 4) is 5.75 Å². The molecule has 0 bridgehead atoms. The van der Waals surface area contributed by atoms with Gasteiger partial charge in [-0.05, 0) is 62.2 Å². The second kappa shape index (κ2) is 10.8. The fraction of sp³-hybridized carbons (Fsp3) is 0.320. The van der Waals surface area contributed by atoms with E-state index in [1.807, 2.05) is 12.3 Å². The minimum Gasteiger partial charge on any atom is -0.487 e. The normalized spacial score (nSPS) is 14.0. The summed E-state index contributed by atoms with van der Waals surface area (Å²) in [4.78, 5) is 29.8. The Morgan fingerprint density at radius 3 is 2.55 bits per heavy atom. The third-order valence-electron chi connectivity index (χ3n) is 5.58. The summed E-state index contributed by atoms with van der Waals surface area (Å²) in [6.07, 6.45) is 5.45. The zero-order chi connectivity index (χ0) is 23.2. The van der Waals surface area contributed by atoms with Crippen molar-refractivity contribution in [3.05, 3.63) is 74.7 Å². The highest BCUT2D eigenvalue weighted by molar-refractivity contribution is 7.09. The number of thiazole rings is 1. The van der Waals surface area contributed by atoms with Crippen LogP contribution in [0.2, 0.25) is 5.02 Å². The van der Waals surface area contributed by atoms with E-state index in [1.165, 1.54) is 6.42 Å². The predicted octanol–water partition coefficient (Wildman–Crippen LogP) is 6.00. The third-order valence-corrected chi connectivity index (χ3v) is 6.73. The highest BCUT2D eigenvalue weighted by atomic mass is 35.5. The van der Waals surface area contributed by atoms with Gasteiger partial charge in [0.05, 0.1) is 21.3 Å². The quantitative estimate of drug-likeness (QED) is 0.432. The SMILES string of the molecule is Cc1nc(COc2ccc(C(=O)Nc3ccc(Cl)c(C(=O)NC4CCCCC4)c3)cc2)cs1. The number of ether oxygens (including phenoxy) is 1. The van der Waals surface area contributed by atoms with Crippen LogP contribution in [0, 0.1) is 6.92 Å². The fourth-order valence-electron chi connectivity index (χ4n) is 3.82. The summed E-state index contributed by atoms with van der Waals surface area (Å²) in [5.74, 6) is 0.169. The zero-order valence-corrected chi connectivity index (χ0v) is 20.0. The first kappa shape index (κ1) is 23.3. The van der Waals surface area contributed by atoms with E-state index in [4.69, 9.17) is 16.3 Å². The van der Waals surface area contributed by atoms with Crippen molar-refractivity contribution in [2.75, 3.05) is 5.32 Å². The minimum atomic E-state index is -0.280. The summed E-state index contributed by atoms with van der Waals surface area (Å²) >= 11 is 7.85. The number of rotatable bonds is 7. The Kier molecular flexibility index (Phi) is 7.62. The number of amides is 2. The molecule has 4 rings (SSSR count). The van der Waals surface area contributed by atoms with E-state index in [9.17, 15) is 9.59 Å². The minimum absolute atomic E-state index is 0.181. The molecule has 1 aliphatic rings. The molecule has 8 heteroatoms. The van der Waals surface area contributed by atoms with Gasteiger partial charge in [0.15, 0.2) is 0 Å². The molecule has 1 aliphatic carbocycles. The highest BCUT2D eigenvalue weighted by Gasteiger charge is 2.19. The lowest BCUT2D eigenvalue weighted by molar-refractivity contribution is 0.0926. The van der Waals surface area contributed by atoms with Crippen LogP contribution < -0.4 is 15.4 Å². The first-order chi connectivity index (χ1) is 16.0. The van der Waals surface area contributed by atoms with Crippen LogP contribution in [-0.4, -0.2) is 22.8 Å².